The minimum atomic E-state index is -0.206. The molecular formula is C20H23NO5. The number of hydrogen-bond donors (Lipinski definition) is 1. The lowest BCUT2D eigenvalue weighted by Crippen LogP contribution is -2.16. The number of ether oxygens (including phenoxy) is 4. The van der Waals surface area contributed by atoms with Gasteiger partial charge in [0, 0.05) is 23.9 Å². The van der Waals surface area contributed by atoms with Crippen LogP contribution in [0.3, 0.4) is 0 Å². The fourth-order valence-corrected chi connectivity index (χ4v) is 2.78. The second-order valence-electron chi connectivity index (χ2n) is 5.99. The summed E-state index contributed by atoms with van der Waals surface area (Å²) in [5.41, 5.74) is 1.18. The van der Waals surface area contributed by atoms with Crippen LogP contribution in [0.5, 0.6) is 17.2 Å². The Bertz CT molecular complexity index is 738. The molecule has 1 N–H and O–H groups in total. The molecule has 1 amide bonds. The predicted molar refractivity (Wildman–Crippen MR) is 98.4 cm³/mol. The van der Waals surface area contributed by atoms with E-state index in [1.165, 1.54) is 0 Å². The molecule has 3 rings (SSSR count). The molecule has 1 atom stereocenters. The zero-order valence-corrected chi connectivity index (χ0v) is 15.0. The maximum atomic E-state index is 12.4. The quantitative estimate of drug-likeness (QED) is 0.821. The van der Waals surface area contributed by atoms with Crippen LogP contribution in [-0.4, -0.2) is 39.4 Å². The summed E-state index contributed by atoms with van der Waals surface area (Å²) in [6, 6.07) is 12.3. The SMILES string of the molecule is COc1ccc(NC(=O)c2ccc(OC[C@H]3CCCO3)cc2)cc1OC. The molecule has 0 saturated carbocycles. The first-order chi connectivity index (χ1) is 12.7. The van der Waals surface area contributed by atoms with Gasteiger partial charge in [0.05, 0.1) is 20.3 Å². The van der Waals surface area contributed by atoms with E-state index in [-0.39, 0.29) is 12.0 Å². The molecule has 1 fully saturated rings. The Kier molecular flexibility index (Phi) is 5.96. The lowest BCUT2D eigenvalue weighted by molar-refractivity contribution is 0.0679. The summed E-state index contributed by atoms with van der Waals surface area (Å²) < 4.78 is 21.7. The highest BCUT2D eigenvalue weighted by molar-refractivity contribution is 6.04. The fourth-order valence-electron chi connectivity index (χ4n) is 2.78. The topological polar surface area (TPSA) is 66.0 Å². The van der Waals surface area contributed by atoms with Crippen molar-refractivity contribution in [2.45, 2.75) is 18.9 Å². The summed E-state index contributed by atoms with van der Waals surface area (Å²) in [7, 11) is 3.12. The summed E-state index contributed by atoms with van der Waals surface area (Å²) in [5.74, 6) is 1.69. The summed E-state index contributed by atoms with van der Waals surface area (Å²) >= 11 is 0. The van der Waals surface area contributed by atoms with Crippen LogP contribution in [0, 0.1) is 0 Å². The summed E-state index contributed by atoms with van der Waals surface area (Å²) in [4.78, 5) is 12.4. The number of nitrogens with one attached hydrogen (secondary N) is 1. The maximum Gasteiger partial charge on any atom is 0.255 e. The molecule has 0 unspecified atom stereocenters. The van der Waals surface area contributed by atoms with Crippen LogP contribution in [0.15, 0.2) is 42.5 Å². The van der Waals surface area contributed by atoms with Crippen molar-refractivity contribution >= 4 is 11.6 Å². The third kappa shape index (κ3) is 4.46. The molecule has 0 radical (unpaired) electrons. The average molecular weight is 357 g/mol. The number of benzene rings is 2. The monoisotopic (exact) mass is 357 g/mol. The van der Waals surface area contributed by atoms with E-state index >= 15 is 0 Å². The highest BCUT2D eigenvalue weighted by Crippen LogP contribution is 2.30. The maximum absolute atomic E-state index is 12.4. The van der Waals surface area contributed by atoms with Crippen LogP contribution in [0.25, 0.3) is 0 Å². The molecule has 138 valence electrons. The second-order valence-corrected chi connectivity index (χ2v) is 5.99. The van der Waals surface area contributed by atoms with E-state index in [2.05, 4.69) is 5.32 Å². The molecular weight excluding hydrogens is 334 g/mol. The first kappa shape index (κ1) is 18.1. The van der Waals surface area contributed by atoms with Crippen LogP contribution in [0.1, 0.15) is 23.2 Å². The van der Waals surface area contributed by atoms with E-state index in [0.717, 1.165) is 25.2 Å². The molecule has 6 nitrogen and oxygen atoms in total. The van der Waals surface area contributed by atoms with Crippen molar-refractivity contribution in [1.29, 1.82) is 0 Å². The number of carbonyl (C=O) groups excluding carboxylic acids is 1. The fraction of sp³-hybridized carbons (Fsp3) is 0.350. The van der Waals surface area contributed by atoms with Crippen LogP contribution < -0.4 is 19.5 Å². The van der Waals surface area contributed by atoms with Gasteiger partial charge in [-0.15, -0.1) is 0 Å². The van der Waals surface area contributed by atoms with Crippen LogP contribution >= 0.6 is 0 Å². The Hall–Kier alpha value is -2.73. The first-order valence-corrected chi connectivity index (χ1v) is 8.57. The van der Waals surface area contributed by atoms with E-state index in [4.69, 9.17) is 18.9 Å². The lowest BCUT2D eigenvalue weighted by atomic mass is 10.2. The molecule has 1 saturated heterocycles. The first-order valence-electron chi connectivity index (χ1n) is 8.57. The smallest absolute Gasteiger partial charge is 0.255 e. The van der Waals surface area contributed by atoms with Gasteiger partial charge in [0.1, 0.15) is 12.4 Å². The molecule has 1 aliphatic rings. The zero-order valence-electron chi connectivity index (χ0n) is 15.0. The summed E-state index contributed by atoms with van der Waals surface area (Å²) in [6.45, 7) is 1.35. The Morgan fingerprint density at radius 3 is 2.54 bits per heavy atom. The van der Waals surface area contributed by atoms with Gasteiger partial charge in [-0.05, 0) is 49.2 Å². The van der Waals surface area contributed by atoms with Gasteiger partial charge in [-0.1, -0.05) is 0 Å². The molecule has 1 aliphatic heterocycles. The minimum Gasteiger partial charge on any atom is -0.493 e. The number of amides is 1. The van der Waals surface area contributed by atoms with Crippen LogP contribution in [0.4, 0.5) is 5.69 Å². The molecule has 26 heavy (non-hydrogen) atoms. The molecule has 0 bridgehead atoms. The highest BCUT2D eigenvalue weighted by Gasteiger charge is 2.16. The zero-order chi connectivity index (χ0) is 18.4. The predicted octanol–water partition coefficient (Wildman–Crippen LogP) is 3.51. The van der Waals surface area contributed by atoms with Crippen LogP contribution in [0.2, 0.25) is 0 Å². The highest BCUT2D eigenvalue weighted by atomic mass is 16.5. The van der Waals surface area contributed by atoms with Crippen molar-refractivity contribution in [2.24, 2.45) is 0 Å². The number of hydrogen-bond acceptors (Lipinski definition) is 5. The molecule has 0 aromatic heterocycles. The van der Waals surface area contributed by atoms with Crippen molar-refractivity contribution < 1.29 is 23.7 Å². The van der Waals surface area contributed by atoms with Crippen LogP contribution in [-0.2, 0) is 4.74 Å². The van der Waals surface area contributed by atoms with Crippen molar-refractivity contribution in [3.63, 3.8) is 0 Å². The Labute approximate surface area is 153 Å². The molecule has 2 aromatic carbocycles. The number of rotatable bonds is 7. The average Bonchev–Trinajstić information content (AvgIpc) is 3.20. The second kappa shape index (κ2) is 8.58. The van der Waals surface area contributed by atoms with Crippen molar-refractivity contribution in [1.82, 2.24) is 0 Å². The summed E-state index contributed by atoms with van der Waals surface area (Å²) in [5, 5.41) is 2.85. The van der Waals surface area contributed by atoms with Gasteiger partial charge in [-0.2, -0.15) is 0 Å². The van der Waals surface area contributed by atoms with Gasteiger partial charge < -0.3 is 24.3 Å². The summed E-state index contributed by atoms with van der Waals surface area (Å²) in [6.07, 6.45) is 2.29. The van der Waals surface area contributed by atoms with Gasteiger partial charge in [-0.3, -0.25) is 4.79 Å². The van der Waals surface area contributed by atoms with Gasteiger partial charge in [0.2, 0.25) is 0 Å². The molecule has 0 spiro atoms. The third-order valence-electron chi connectivity index (χ3n) is 4.22. The standard InChI is InChI=1S/C20H23NO5/c1-23-18-10-7-15(12-19(18)24-2)21-20(22)14-5-8-16(9-6-14)26-13-17-4-3-11-25-17/h5-10,12,17H,3-4,11,13H2,1-2H3,(H,21,22)/t17-/m1/s1. The van der Waals surface area contributed by atoms with E-state index in [0.29, 0.717) is 29.4 Å². The molecule has 2 aromatic rings. The van der Waals surface area contributed by atoms with Gasteiger partial charge >= 0.3 is 0 Å². The van der Waals surface area contributed by atoms with Gasteiger partial charge in [0.25, 0.3) is 5.91 Å². The third-order valence-corrected chi connectivity index (χ3v) is 4.22. The van der Waals surface area contributed by atoms with Gasteiger partial charge in [0.15, 0.2) is 11.5 Å². The number of carbonyl (C=O) groups is 1. The normalized spacial score (nSPS) is 16.2. The van der Waals surface area contributed by atoms with E-state index in [1.807, 2.05) is 0 Å². The van der Waals surface area contributed by atoms with E-state index < -0.39 is 0 Å². The van der Waals surface area contributed by atoms with Crippen molar-refractivity contribution in [3.8, 4) is 17.2 Å². The minimum absolute atomic E-state index is 0.169. The molecule has 6 heteroatoms. The van der Waals surface area contributed by atoms with Crippen molar-refractivity contribution in [3.05, 3.63) is 48.0 Å². The Balaban J connectivity index is 1.59. The number of anilines is 1. The van der Waals surface area contributed by atoms with Crippen molar-refractivity contribution in [2.75, 3.05) is 32.8 Å². The Morgan fingerprint density at radius 1 is 1.12 bits per heavy atom. The van der Waals surface area contributed by atoms with Gasteiger partial charge in [-0.25, -0.2) is 0 Å². The molecule has 0 aliphatic carbocycles. The lowest BCUT2D eigenvalue weighted by Gasteiger charge is -2.12. The number of methoxy groups -OCH3 is 2. The largest absolute Gasteiger partial charge is 0.493 e. The van der Waals surface area contributed by atoms with E-state index in [9.17, 15) is 4.79 Å². The molecule has 1 heterocycles. The van der Waals surface area contributed by atoms with E-state index in [1.54, 1.807) is 56.7 Å². The Morgan fingerprint density at radius 2 is 1.88 bits per heavy atom.